The lowest BCUT2D eigenvalue weighted by Crippen LogP contribution is -2.52. The highest BCUT2D eigenvalue weighted by molar-refractivity contribution is 7.88. The van der Waals surface area contributed by atoms with E-state index in [9.17, 15) is 22.8 Å². The molecule has 3 atom stereocenters. The number of hydrogen-bond donors (Lipinski definition) is 1. The molecule has 0 saturated carbocycles. The van der Waals surface area contributed by atoms with E-state index in [2.05, 4.69) is 4.72 Å². The zero-order chi connectivity index (χ0) is 30.4. The molecule has 2 amide bonds. The summed E-state index contributed by atoms with van der Waals surface area (Å²) in [6.07, 6.45) is 2.72. The molecule has 3 rings (SSSR count). The standard InChI is InChI=1S/C28H42ClN3O8S/c1-28(2,3)40-27(35)31-14-12-19(13-15-31)8-11-23(30-41(5,36)37)25(33)32-17-22(16-24(32)26(34)38-4)39-18-20-6-9-21(29)10-7-20/h6-7,9-10,19,22-24,30H,8,11-18H2,1-5H3/t22-,23-,24+/m1/s1. The molecular formula is C28H42ClN3O8S. The molecule has 1 N–H and O–H groups in total. The summed E-state index contributed by atoms with van der Waals surface area (Å²) in [5.74, 6) is -0.867. The summed E-state index contributed by atoms with van der Waals surface area (Å²) >= 11 is 5.95. The number of rotatable bonds is 10. The molecular weight excluding hydrogens is 574 g/mol. The minimum Gasteiger partial charge on any atom is -0.467 e. The zero-order valence-electron chi connectivity index (χ0n) is 24.4. The van der Waals surface area contributed by atoms with Crippen molar-refractivity contribution in [1.82, 2.24) is 14.5 Å². The smallest absolute Gasteiger partial charge is 0.410 e. The molecule has 1 aromatic rings. The molecule has 2 saturated heterocycles. The van der Waals surface area contributed by atoms with Crippen molar-refractivity contribution in [2.24, 2.45) is 5.92 Å². The number of carbonyl (C=O) groups excluding carboxylic acids is 3. The highest BCUT2D eigenvalue weighted by atomic mass is 35.5. The monoisotopic (exact) mass is 615 g/mol. The number of methoxy groups -OCH3 is 1. The van der Waals surface area contributed by atoms with Gasteiger partial charge in [-0.2, -0.15) is 0 Å². The number of sulfonamides is 1. The van der Waals surface area contributed by atoms with Crippen molar-refractivity contribution in [2.75, 3.05) is 33.0 Å². The van der Waals surface area contributed by atoms with Crippen molar-refractivity contribution < 1.29 is 37.0 Å². The van der Waals surface area contributed by atoms with Gasteiger partial charge in [-0.3, -0.25) is 4.79 Å². The van der Waals surface area contributed by atoms with Crippen LogP contribution in [0.3, 0.4) is 0 Å². The first-order chi connectivity index (χ1) is 19.1. The number of benzene rings is 1. The summed E-state index contributed by atoms with van der Waals surface area (Å²) < 4.78 is 43.3. The van der Waals surface area contributed by atoms with Crippen LogP contribution in [0.15, 0.2) is 24.3 Å². The second kappa shape index (κ2) is 14.2. The van der Waals surface area contributed by atoms with Crippen molar-refractivity contribution in [1.29, 1.82) is 0 Å². The first kappa shape index (κ1) is 33.1. The first-order valence-corrected chi connectivity index (χ1v) is 16.1. The summed E-state index contributed by atoms with van der Waals surface area (Å²) in [5.41, 5.74) is 0.319. The van der Waals surface area contributed by atoms with Crippen LogP contribution in [0.5, 0.6) is 0 Å². The number of hydrogen-bond acceptors (Lipinski definition) is 8. The molecule has 0 aromatic heterocycles. The molecule has 1 aromatic carbocycles. The molecule has 0 spiro atoms. The third kappa shape index (κ3) is 10.4. The fourth-order valence-corrected chi connectivity index (χ4v) is 6.00. The molecule has 0 unspecified atom stereocenters. The Kier molecular flexibility index (Phi) is 11.4. The van der Waals surface area contributed by atoms with Crippen LogP contribution in [-0.2, 0) is 40.4 Å². The largest absolute Gasteiger partial charge is 0.467 e. The Balaban J connectivity index is 1.63. The number of carbonyl (C=O) groups is 3. The number of nitrogens with one attached hydrogen (secondary N) is 1. The molecule has 0 radical (unpaired) electrons. The van der Waals surface area contributed by atoms with Gasteiger partial charge in [0.05, 0.1) is 26.1 Å². The molecule has 41 heavy (non-hydrogen) atoms. The lowest BCUT2D eigenvalue weighted by molar-refractivity contribution is -0.151. The van der Waals surface area contributed by atoms with Crippen LogP contribution in [0.2, 0.25) is 5.02 Å². The molecule has 0 bridgehead atoms. The van der Waals surface area contributed by atoms with E-state index in [1.165, 1.54) is 12.0 Å². The van der Waals surface area contributed by atoms with Crippen LogP contribution in [0.1, 0.15) is 58.4 Å². The fraction of sp³-hybridized carbons (Fsp3) is 0.679. The van der Waals surface area contributed by atoms with Crippen LogP contribution in [-0.4, -0.2) is 93.0 Å². The van der Waals surface area contributed by atoms with Gasteiger partial charge in [-0.25, -0.2) is 22.7 Å². The number of likely N-dealkylation sites (tertiary alicyclic amines) is 2. The fourth-order valence-electron chi connectivity index (χ4n) is 5.14. The van der Waals surface area contributed by atoms with E-state index in [1.54, 1.807) is 17.0 Å². The van der Waals surface area contributed by atoms with Gasteiger partial charge in [0, 0.05) is 31.1 Å². The average Bonchev–Trinajstić information content (AvgIpc) is 3.33. The number of nitrogens with zero attached hydrogens (tertiary/aromatic N) is 2. The van der Waals surface area contributed by atoms with E-state index < -0.39 is 45.7 Å². The minimum absolute atomic E-state index is 0.127. The van der Waals surface area contributed by atoms with Gasteiger partial charge in [-0.1, -0.05) is 23.7 Å². The number of ether oxygens (including phenoxy) is 3. The SMILES string of the molecule is COC(=O)[C@@H]1C[C@@H](OCc2ccc(Cl)cc2)CN1C(=O)[C@@H](CCC1CCN(C(=O)OC(C)(C)C)CC1)NS(C)(=O)=O. The maximum atomic E-state index is 13.7. The van der Waals surface area contributed by atoms with Crippen LogP contribution >= 0.6 is 11.6 Å². The van der Waals surface area contributed by atoms with Crippen molar-refractivity contribution in [3.63, 3.8) is 0 Å². The Morgan fingerprint density at radius 1 is 1.12 bits per heavy atom. The second-order valence-electron chi connectivity index (χ2n) is 11.8. The molecule has 11 nitrogen and oxygen atoms in total. The predicted octanol–water partition coefficient (Wildman–Crippen LogP) is 3.34. The molecule has 2 fully saturated rings. The van der Waals surface area contributed by atoms with Crippen molar-refractivity contribution >= 4 is 39.6 Å². The van der Waals surface area contributed by atoms with Gasteiger partial charge in [0.25, 0.3) is 0 Å². The van der Waals surface area contributed by atoms with Gasteiger partial charge in [-0.15, -0.1) is 0 Å². The van der Waals surface area contributed by atoms with Crippen LogP contribution in [0, 0.1) is 5.92 Å². The van der Waals surface area contributed by atoms with E-state index >= 15 is 0 Å². The van der Waals surface area contributed by atoms with Gasteiger partial charge in [0.15, 0.2) is 0 Å². The Morgan fingerprint density at radius 3 is 2.32 bits per heavy atom. The average molecular weight is 616 g/mol. The van der Waals surface area contributed by atoms with Gasteiger partial charge < -0.3 is 24.0 Å². The van der Waals surface area contributed by atoms with E-state index in [0.29, 0.717) is 37.4 Å². The Morgan fingerprint density at radius 2 is 1.76 bits per heavy atom. The molecule has 230 valence electrons. The highest BCUT2D eigenvalue weighted by Gasteiger charge is 2.43. The van der Waals surface area contributed by atoms with E-state index in [1.807, 2.05) is 32.9 Å². The predicted molar refractivity (Wildman–Crippen MR) is 154 cm³/mol. The minimum atomic E-state index is -3.72. The molecule has 2 aliphatic heterocycles. The van der Waals surface area contributed by atoms with E-state index in [0.717, 1.165) is 11.8 Å². The normalized spacial score (nSPS) is 21.0. The zero-order valence-corrected chi connectivity index (χ0v) is 26.0. The third-order valence-corrected chi connectivity index (χ3v) is 8.17. The van der Waals surface area contributed by atoms with Crippen LogP contribution in [0.25, 0.3) is 0 Å². The quantitative estimate of drug-likeness (QED) is 0.397. The number of halogens is 1. The van der Waals surface area contributed by atoms with Crippen molar-refractivity contribution in [2.45, 2.75) is 83.3 Å². The summed E-state index contributed by atoms with van der Waals surface area (Å²) in [6.45, 7) is 6.92. The van der Waals surface area contributed by atoms with Crippen molar-refractivity contribution in [3.05, 3.63) is 34.9 Å². The maximum Gasteiger partial charge on any atom is 0.410 e. The number of esters is 1. The second-order valence-corrected chi connectivity index (χ2v) is 14.0. The van der Waals surface area contributed by atoms with Gasteiger partial charge >= 0.3 is 12.1 Å². The number of amides is 2. The van der Waals surface area contributed by atoms with Gasteiger partial charge in [0.1, 0.15) is 17.7 Å². The summed E-state index contributed by atoms with van der Waals surface area (Å²) in [4.78, 5) is 41.7. The number of piperidine rings is 1. The summed E-state index contributed by atoms with van der Waals surface area (Å²) in [5, 5.41) is 0.607. The van der Waals surface area contributed by atoms with Gasteiger partial charge in [0.2, 0.25) is 15.9 Å². The molecule has 0 aliphatic carbocycles. The van der Waals surface area contributed by atoms with Crippen molar-refractivity contribution in [3.8, 4) is 0 Å². The molecule has 2 aliphatic rings. The van der Waals surface area contributed by atoms with Crippen LogP contribution in [0.4, 0.5) is 4.79 Å². The lowest BCUT2D eigenvalue weighted by Gasteiger charge is -2.34. The molecule has 13 heteroatoms. The highest BCUT2D eigenvalue weighted by Crippen LogP contribution is 2.27. The Bertz CT molecular complexity index is 1160. The molecule has 2 heterocycles. The summed E-state index contributed by atoms with van der Waals surface area (Å²) in [6, 6.07) is 5.25. The van der Waals surface area contributed by atoms with E-state index in [-0.39, 0.29) is 38.0 Å². The lowest BCUT2D eigenvalue weighted by atomic mass is 9.90. The maximum absolute atomic E-state index is 13.7. The first-order valence-electron chi connectivity index (χ1n) is 13.8. The van der Waals surface area contributed by atoms with E-state index in [4.69, 9.17) is 25.8 Å². The Labute approximate surface area is 247 Å². The third-order valence-electron chi connectivity index (χ3n) is 7.20. The summed E-state index contributed by atoms with van der Waals surface area (Å²) in [7, 11) is -2.47. The Hall–Kier alpha value is -2.41. The van der Waals surface area contributed by atoms with Crippen LogP contribution < -0.4 is 4.72 Å². The van der Waals surface area contributed by atoms with Gasteiger partial charge in [-0.05, 0) is 70.1 Å². The topological polar surface area (TPSA) is 132 Å².